The summed E-state index contributed by atoms with van der Waals surface area (Å²) in [7, 11) is 0. The van der Waals surface area contributed by atoms with Crippen LogP contribution in [0.3, 0.4) is 0 Å². The standard InChI is InChI=1S/C45H44N6O19/c1-18-8-33(54)50(40(18)59)7-5-31(52)46-6-4-32(53)48-26-9-19(2-3-28(26)69-44-38(58)36(56)37(57)39(70-44)42(61)62)15-66-45(64)47-13-22-20-11-29-30(68-17-67-29)12-25(20)49-34-23(22)14-51-27(34)10-21-24(41(51)60)16-65-43(63)35(21)55/h2-3,9-12,18,35-39,44,55-58H,4-8,13-17H2,1H3,(H,46,52)(H,47,64)(H,48,53)(H,61,62)/t18?,35-,36?,37?,38?,39?,44?/m0/s1. The monoisotopic (exact) mass is 972 g/mol. The van der Waals surface area contributed by atoms with Gasteiger partial charge in [0.2, 0.25) is 36.7 Å². The summed E-state index contributed by atoms with van der Waals surface area (Å²) in [5, 5.41) is 59.7. The molecule has 8 N–H and O–H groups in total. The molecule has 0 radical (unpaired) electrons. The lowest BCUT2D eigenvalue weighted by Crippen LogP contribution is -2.61. The molecule has 7 heterocycles. The van der Waals surface area contributed by atoms with Gasteiger partial charge in [0.1, 0.15) is 37.3 Å². The summed E-state index contributed by atoms with van der Waals surface area (Å²) >= 11 is 0. The Hall–Kier alpha value is -7.71. The summed E-state index contributed by atoms with van der Waals surface area (Å²) < 4.78 is 34.2. The lowest BCUT2D eigenvalue weighted by atomic mass is 9.98. The zero-order valence-corrected chi connectivity index (χ0v) is 36.9. The zero-order valence-electron chi connectivity index (χ0n) is 36.9. The van der Waals surface area contributed by atoms with Crippen LogP contribution in [0.2, 0.25) is 0 Å². The van der Waals surface area contributed by atoms with Gasteiger partial charge in [0.15, 0.2) is 23.7 Å². The first-order valence-corrected chi connectivity index (χ1v) is 21.9. The van der Waals surface area contributed by atoms with E-state index in [0.717, 1.165) is 4.90 Å². The summed E-state index contributed by atoms with van der Waals surface area (Å²) in [5.41, 5.74) is 2.08. The number of ether oxygens (including phenoxy) is 6. The number of aromatic nitrogens is 2. The Balaban J connectivity index is 0.904. The van der Waals surface area contributed by atoms with Crippen molar-refractivity contribution < 1.29 is 87.5 Å². The molecule has 7 atom stereocenters. The van der Waals surface area contributed by atoms with Crippen LogP contribution in [-0.4, -0.2) is 132 Å². The second-order valence-electron chi connectivity index (χ2n) is 17.0. The highest BCUT2D eigenvalue weighted by molar-refractivity contribution is 6.03. The molecule has 0 bridgehead atoms. The van der Waals surface area contributed by atoms with Crippen LogP contribution in [0.25, 0.3) is 22.3 Å². The highest BCUT2D eigenvalue weighted by atomic mass is 16.7. The maximum Gasteiger partial charge on any atom is 0.407 e. The highest BCUT2D eigenvalue weighted by Gasteiger charge is 2.48. The summed E-state index contributed by atoms with van der Waals surface area (Å²) in [6.45, 7) is 0.390. The Morgan fingerprint density at radius 2 is 1.66 bits per heavy atom. The van der Waals surface area contributed by atoms with E-state index in [9.17, 15) is 63.9 Å². The van der Waals surface area contributed by atoms with E-state index < -0.39 is 84.7 Å². The Bertz CT molecular complexity index is 2940. The largest absolute Gasteiger partial charge is 0.479 e. The molecule has 368 valence electrons. The van der Waals surface area contributed by atoms with Crippen molar-refractivity contribution in [1.29, 1.82) is 0 Å². The van der Waals surface area contributed by atoms with Gasteiger partial charge in [-0.15, -0.1) is 0 Å². The Kier molecular flexibility index (Phi) is 12.9. The molecule has 9 rings (SSSR count). The third-order valence-electron chi connectivity index (χ3n) is 12.4. The zero-order chi connectivity index (χ0) is 49.7. The van der Waals surface area contributed by atoms with Gasteiger partial charge in [-0.05, 0) is 35.4 Å². The number of alkyl carbamates (subject to hydrolysis) is 1. The number of aliphatic hydroxyl groups excluding tert-OH is 4. The number of carboxylic acids is 1. The minimum absolute atomic E-state index is 0.0153. The van der Waals surface area contributed by atoms with Crippen LogP contribution in [-0.2, 0) is 69.3 Å². The number of aliphatic hydroxyl groups is 4. The molecule has 0 saturated carbocycles. The smallest absolute Gasteiger partial charge is 0.407 e. The normalized spacial score (nSPS) is 23.0. The Labute approximate surface area is 393 Å². The maximum absolute atomic E-state index is 13.7. The van der Waals surface area contributed by atoms with E-state index in [4.69, 9.17) is 33.4 Å². The van der Waals surface area contributed by atoms with E-state index in [2.05, 4.69) is 16.0 Å². The number of carbonyl (C=O) groups is 7. The number of hydrogen-bond acceptors (Lipinski definition) is 19. The van der Waals surface area contributed by atoms with Gasteiger partial charge < -0.3 is 74.5 Å². The number of anilines is 1. The first-order valence-electron chi connectivity index (χ1n) is 21.9. The number of aliphatic carboxylic acids is 1. The van der Waals surface area contributed by atoms with Gasteiger partial charge in [-0.1, -0.05) is 13.0 Å². The van der Waals surface area contributed by atoms with Gasteiger partial charge in [-0.3, -0.25) is 28.9 Å². The quantitative estimate of drug-likeness (QED) is 0.0497. The predicted molar refractivity (Wildman–Crippen MR) is 231 cm³/mol. The van der Waals surface area contributed by atoms with Crippen molar-refractivity contribution in [1.82, 2.24) is 25.1 Å². The van der Waals surface area contributed by atoms with Crippen molar-refractivity contribution in [2.24, 2.45) is 5.92 Å². The molecule has 0 aliphatic carbocycles. The SMILES string of the molecule is CC1CC(=O)N(CCC(=O)NCCC(=O)Nc2cc(COC(=O)NCc3c4c(nc5cc6c(cc35)OCO6)-c3cc5c(c(=O)n3C4)COC(=O)[C@H]5O)ccc2OC2OC(C(=O)O)C(O)C(O)C2O)C1=O. The van der Waals surface area contributed by atoms with Crippen molar-refractivity contribution in [2.75, 3.05) is 25.2 Å². The molecule has 6 unspecified atom stereocenters. The van der Waals surface area contributed by atoms with Crippen LogP contribution in [0, 0.1) is 5.92 Å². The van der Waals surface area contributed by atoms with E-state index in [1.54, 1.807) is 19.1 Å². The fraction of sp³-hybridized carbons (Fsp3) is 0.400. The molecule has 5 aliphatic heterocycles. The van der Waals surface area contributed by atoms with Crippen LogP contribution in [0.1, 0.15) is 60.1 Å². The summed E-state index contributed by atoms with van der Waals surface area (Å²) in [6, 6.07) is 8.86. The number of esters is 1. The number of rotatable bonds is 14. The maximum atomic E-state index is 13.7. The molecule has 2 aromatic carbocycles. The van der Waals surface area contributed by atoms with Crippen molar-refractivity contribution in [2.45, 2.75) is 89.3 Å². The van der Waals surface area contributed by atoms with E-state index in [1.165, 1.54) is 28.8 Å². The summed E-state index contributed by atoms with van der Waals surface area (Å²) in [5.74, 6) is -4.40. The van der Waals surface area contributed by atoms with Crippen molar-refractivity contribution >= 4 is 58.3 Å². The molecule has 2 saturated heterocycles. The Morgan fingerprint density at radius 3 is 2.40 bits per heavy atom. The van der Waals surface area contributed by atoms with Gasteiger partial charge in [0, 0.05) is 67.4 Å². The molecule has 2 aromatic heterocycles. The van der Waals surface area contributed by atoms with Crippen LogP contribution in [0.4, 0.5) is 10.5 Å². The number of likely N-dealkylation sites (tertiary alicyclic amines) is 1. The second kappa shape index (κ2) is 19.0. The minimum Gasteiger partial charge on any atom is -0.479 e. The topological polar surface area (TPSA) is 350 Å². The van der Waals surface area contributed by atoms with Crippen LogP contribution in [0.15, 0.2) is 41.2 Å². The number of nitrogens with zero attached hydrogens (tertiary/aromatic N) is 3. The number of benzene rings is 2. The number of nitrogens with one attached hydrogen (secondary N) is 3. The van der Waals surface area contributed by atoms with Crippen LogP contribution < -0.4 is 35.7 Å². The van der Waals surface area contributed by atoms with Gasteiger partial charge in [-0.25, -0.2) is 19.4 Å². The summed E-state index contributed by atoms with van der Waals surface area (Å²) in [6.07, 6.45) is -12.9. The minimum atomic E-state index is -2.01. The van der Waals surface area contributed by atoms with Gasteiger partial charge >= 0.3 is 18.0 Å². The first-order chi connectivity index (χ1) is 33.5. The predicted octanol–water partition coefficient (Wildman–Crippen LogP) is -0.829. The molecule has 4 aromatic rings. The van der Waals surface area contributed by atoms with E-state index in [0.29, 0.717) is 44.9 Å². The van der Waals surface area contributed by atoms with Crippen molar-refractivity contribution in [3.8, 4) is 28.6 Å². The highest BCUT2D eigenvalue weighted by Crippen LogP contribution is 2.42. The Morgan fingerprint density at radius 1 is 0.886 bits per heavy atom. The fourth-order valence-electron chi connectivity index (χ4n) is 8.72. The lowest BCUT2D eigenvalue weighted by Gasteiger charge is -2.38. The van der Waals surface area contributed by atoms with Gasteiger partial charge in [0.25, 0.3) is 5.56 Å². The molecular formula is C45H44N6O19. The number of amides is 5. The average Bonchev–Trinajstić information content (AvgIpc) is 4.01. The average molecular weight is 973 g/mol. The second-order valence-corrected chi connectivity index (χ2v) is 17.0. The third kappa shape index (κ3) is 9.02. The molecule has 2 fully saturated rings. The number of fused-ring (bicyclic) bond motifs is 6. The number of carboxylic acid groups (broad SMARTS) is 1. The number of hydrogen-bond donors (Lipinski definition) is 8. The third-order valence-corrected chi connectivity index (χ3v) is 12.4. The van der Waals surface area contributed by atoms with Crippen LogP contribution >= 0.6 is 0 Å². The first kappa shape index (κ1) is 47.4. The van der Waals surface area contributed by atoms with Gasteiger partial charge in [0.05, 0.1) is 34.7 Å². The van der Waals surface area contributed by atoms with Crippen molar-refractivity contribution in [3.63, 3.8) is 0 Å². The molecule has 25 heteroatoms. The van der Waals surface area contributed by atoms with E-state index in [-0.39, 0.29) is 98.8 Å². The molecule has 25 nitrogen and oxygen atoms in total. The molecular weight excluding hydrogens is 929 g/mol. The number of cyclic esters (lactones) is 1. The number of carbonyl (C=O) groups excluding carboxylic acids is 6. The van der Waals surface area contributed by atoms with Gasteiger partial charge in [-0.2, -0.15) is 0 Å². The molecule has 0 spiro atoms. The molecule has 5 amide bonds. The number of imide groups is 1. The molecule has 5 aliphatic rings. The van der Waals surface area contributed by atoms with E-state index >= 15 is 0 Å². The molecule has 70 heavy (non-hydrogen) atoms. The summed E-state index contributed by atoms with van der Waals surface area (Å²) in [4.78, 5) is 107. The number of pyridine rings is 2. The lowest BCUT2D eigenvalue weighted by molar-refractivity contribution is -0.271. The fourth-order valence-corrected chi connectivity index (χ4v) is 8.72. The van der Waals surface area contributed by atoms with Crippen LogP contribution in [0.5, 0.6) is 17.2 Å². The van der Waals surface area contributed by atoms with E-state index in [1.807, 2.05) is 0 Å². The van der Waals surface area contributed by atoms with Crippen molar-refractivity contribution in [3.05, 3.63) is 74.6 Å².